The lowest BCUT2D eigenvalue weighted by Gasteiger charge is -2.45. The molecular formula is C27H34N4O3. The number of anilines is 3. The molecule has 0 saturated carbocycles. The van der Waals surface area contributed by atoms with Crippen LogP contribution < -0.4 is 15.1 Å². The summed E-state index contributed by atoms with van der Waals surface area (Å²) in [5.41, 5.74) is 4.93. The summed E-state index contributed by atoms with van der Waals surface area (Å²) in [5.74, 6) is -0.396. The van der Waals surface area contributed by atoms with Crippen molar-refractivity contribution in [1.29, 1.82) is 0 Å². The highest BCUT2D eigenvalue weighted by atomic mass is 16.2. The van der Waals surface area contributed by atoms with Crippen molar-refractivity contribution in [3.63, 3.8) is 0 Å². The van der Waals surface area contributed by atoms with Gasteiger partial charge in [-0.15, -0.1) is 0 Å². The van der Waals surface area contributed by atoms with Gasteiger partial charge < -0.3 is 15.1 Å². The molecule has 2 aliphatic rings. The van der Waals surface area contributed by atoms with E-state index < -0.39 is 0 Å². The minimum Gasteiger partial charge on any atom is -0.358 e. The van der Waals surface area contributed by atoms with Crippen molar-refractivity contribution < 1.29 is 14.4 Å². The van der Waals surface area contributed by atoms with Gasteiger partial charge >= 0.3 is 0 Å². The van der Waals surface area contributed by atoms with E-state index in [1.807, 2.05) is 58.0 Å². The minimum atomic E-state index is -0.264. The van der Waals surface area contributed by atoms with E-state index in [-0.39, 0.29) is 30.3 Å². The Bertz CT molecular complexity index is 1110. The average molecular weight is 463 g/mol. The molecule has 4 rings (SSSR count). The second-order valence-corrected chi connectivity index (χ2v) is 9.18. The standard InChI is InChI=1S/C27H34N4O3/c1-5-29(6-2)26(33)20-11-13-22-24(16-20)31(27(34)23-9-7-8-14-30(22)23)17-25(32)28-21-12-10-18(3)15-19(21)4/h10-13,15-16,23H,5-9,14,17H2,1-4H3,(H,28,32). The molecule has 1 N–H and O–H groups in total. The molecule has 0 radical (unpaired) electrons. The maximum atomic E-state index is 13.6. The zero-order chi connectivity index (χ0) is 24.4. The number of nitrogens with one attached hydrogen (secondary N) is 1. The molecule has 0 aromatic heterocycles. The molecule has 2 aliphatic heterocycles. The number of nitrogens with zero attached hydrogens (tertiary/aromatic N) is 3. The maximum Gasteiger partial charge on any atom is 0.253 e. The van der Waals surface area contributed by atoms with Gasteiger partial charge in [0.05, 0.1) is 11.4 Å². The van der Waals surface area contributed by atoms with E-state index in [4.69, 9.17) is 0 Å². The lowest BCUT2D eigenvalue weighted by Crippen LogP contribution is -2.56. The van der Waals surface area contributed by atoms with Crippen LogP contribution >= 0.6 is 0 Å². The Balaban J connectivity index is 1.67. The van der Waals surface area contributed by atoms with Crippen LogP contribution in [0.25, 0.3) is 0 Å². The van der Waals surface area contributed by atoms with Crippen LogP contribution in [-0.2, 0) is 9.59 Å². The van der Waals surface area contributed by atoms with Gasteiger partial charge in [-0.2, -0.15) is 0 Å². The molecular weight excluding hydrogens is 428 g/mol. The minimum absolute atomic E-state index is 0.0688. The Morgan fingerprint density at radius 1 is 1.03 bits per heavy atom. The monoisotopic (exact) mass is 462 g/mol. The first kappa shape index (κ1) is 23.8. The first-order valence-corrected chi connectivity index (χ1v) is 12.2. The van der Waals surface area contributed by atoms with Crippen LogP contribution in [0.1, 0.15) is 54.6 Å². The van der Waals surface area contributed by atoms with Crippen LogP contribution in [0.15, 0.2) is 36.4 Å². The van der Waals surface area contributed by atoms with Crippen LogP contribution in [0.2, 0.25) is 0 Å². The van der Waals surface area contributed by atoms with Crippen molar-refractivity contribution in [2.75, 3.05) is 41.3 Å². The fourth-order valence-electron chi connectivity index (χ4n) is 5.03. The van der Waals surface area contributed by atoms with Gasteiger partial charge in [-0.05, 0) is 76.8 Å². The summed E-state index contributed by atoms with van der Waals surface area (Å²) in [5, 5.41) is 2.96. The van der Waals surface area contributed by atoms with Crippen LogP contribution in [0.5, 0.6) is 0 Å². The van der Waals surface area contributed by atoms with E-state index in [2.05, 4.69) is 10.2 Å². The highest BCUT2D eigenvalue weighted by molar-refractivity contribution is 6.11. The Labute approximate surface area is 201 Å². The van der Waals surface area contributed by atoms with Gasteiger partial charge in [-0.3, -0.25) is 19.3 Å². The first-order chi connectivity index (χ1) is 16.3. The molecule has 1 unspecified atom stereocenters. The van der Waals surface area contributed by atoms with Crippen LogP contribution in [-0.4, -0.2) is 54.8 Å². The molecule has 7 heteroatoms. The van der Waals surface area contributed by atoms with E-state index in [0.717, 1.165) is 48.3 Å². The molecule has 0 spiro atoms. The quantitative estimate of drug-likeness (QED) is 0.701. The summed E-state index contributed by atoms with van der Waals surface area (Å²) in [6.45, 7) is 9.80. The number of hydrogen-bond donors (Lipinski definition) is 1. The molecule has 0 aliphatic carbocycles. The molecule has 2 heterocycles. The Morgan fingerprint density at radius 2 is 1.79 bits per heavy atom. The highest BCUT2D eigenvalue weighted by Crippen LogP contribution is 2.40. The molecule has 2 aromatic carbocycles. The van der Waals surface area contributed by atoms with Gasteiger partial charge in [0.15, 0.2) is 0 Å². The molecule has 7 nitrogen and oxygen atoms in total. The topological polar surface area (TPSA) is 73.0 Å². The zero-order valence-electron chi connectivity index (χ0n) is 20.6. The van der Waals surface area contributed by atoms with Crippen molar-refractivity contribution in [2.24, 2.45) is 0 Å². The number of aryl methyl sites for hydroxylation is 2. The summed E-state index contributed by atoms with van der Waals surface area (Å²) < 4.78 is 0. The largest absolute Gasteiger partial charge is 0.358 e. The molecule has 3 amide bonds. The molecule has 1 atom stereocenters. The van der Waals surface area contributed by atoms with Crippen LogP contribution in [0, 0.1) is 13.8 Å². The van der Waals surface area contributed by atoms with Gasteiger partial charge in [0.2, 0.25) is 11.8 Å². The van der Waals surface area contributed by atoms with Gasteiger partial charge in [0.1, 0.15) is 12.6 Å². The SMILES string of the molecule is CCN(CC)C(=O)c1ccc2c(c1)N(CC(=O)Nc1ccc(C)cc1C)C(=O)C1CCCCN21. The van der Waals surface area contributed by atoms with Crippen LogP contribution in [0.3, 0.4) is 0 Å². The Kier molecular flexibility index (Phi) is 6.91. The normalized spacial score (nSPS) is 17.2. The first-order valence-electron chi connectivity index (χ1n) is 12.2. The van der Waals surface area contributed by atoms with Crippen LogP contribution in [0.4, 0.5) is 17.1 Å². The lowest BCUT2D eigenvalue weighted by atomic mass is 9.95. The molecule has 1 saturated heterocycles. The molecule has 0 bridgehead atoms. The van der Waals surface area contributed by atoms with Gasteiger partial charge in [-0.1, -0.05) is 17.7 Å². The van der Waals surface area contributed by atoms with Gasteiger partial charge in [-0.25, -0.2) is 0 Å². The number of carbonyl (C=O) groups is 3. The summed E-state index contributed by atoms with van der Waals surface area (Å²) in [6, 6.07) is 11.2. The highest BCUT2D eigenvalue weighted by Gasteiger charge is 2.40. The van der Waals surface area contributed by atoms with Gasteiger partial charge in [0, 0.05) is 30.9 Å². The van der Waals surface area contributed by atoms with Crippen molar-refractivity contribution in [3.8, 4) is 0 Å². The molecule has 2 aromatic rings. The van der Waals surface area contributed by atoms with E-state index in [1.54, 1.807) is 15.9 Å². The van der Waals surface area contributed by atoms with E-state index in [0.29, 0.717) is 24.3 Å². The molecule has 180 valence electrons. The summed E-state index contributed by atoms with van der Waals surface area (Å²) in [4.78, 5) is 45.1. The number of piperidine rings is 1. The predicted octanol–water partition coefficient (Wildman–Crippen LogP) is 4.13. The zero-order valence-corrected chi connectivity index (χ0v) is 20.6. The fraction of sp³-hybridized carbons (Fsp3) is 0.444. The van der Waals surface area contributed by atoms with Crippen molar-refractivity contribution >= 4 is 34.8 Å². The number of fused-ring (bicyclic) bond motifs is 3. The van der Waals surface area contributed by atoms with E-state index in [9.17, 15) is 14.4 Å². The number of hydrogen-bond acceptors (Lipinski definition) is 4. The third-order valence-corrected chi connectivity index (χ3v) is 6.88. The number of benzene rings is 2. The maximum absolute atomic E-state index is 13.6. The number of carbonyl (C=O) groups excluding carboxylic acids is 3. The second kappa shape index (κ2) is 9.87. The van der Waals surface area contributed by atoms with E-state index in [1.165, 1.54) is 0 Å². The summed E-state index contributed by atoms with van der Waals surface area (Å²) >= 11 is 0. The third kappa shape index (κ3) is 4.52. The Morgan fingerprint density at radius 3 is 2.50 bits per heavy atom. The predicted molar refractivity (Wildman–Crippen MR) is 136 cm³/mol. The molecule has 1 fully saturated rings. The van der Waals surface area contributed by atoms with Crippen molar-refractivity contribution in [2.45, 2.75) is 53.0 Å². The van der Waals surface area contributed by atoms with Crippen molar-refractivity contribution in [1.82, 2.24) is 4.90 Å². The number of rotatable bonds is 6. The second-order valence-electron chi connectivity index (χ2n) is 9.18. The van der Waals surface area contributed by atoms with Gasteiger partial charge in [0.25, 0.3) is 5.91 Å². The van der Waals surface area contributed by atoms with Crippen molar-refractivity contribution in [3.05, 3.63) is 53.1 Å². The third-order valence-electron chi connectivity index (χ3n) is 6.88. The smallest absolute Gasteiger partial charge is 0.253 e. The Hall–Kier alpha value is -3.35. The summed E-state index contributed by atoms with van der Waals surface area (Å²) in [6.07, 6.45) is 2.79. The average Bonchev–Trinajstić information content (AvgIpc) is 2.84. The molecule has 34 heavy (non-hydrogen) atoms. The fourth-order valence-corrected chi connectivity index (χ4v) is 5.03. The summed E-state index contributed by atoms with van der Waals surface area (Å²) in [7, 11) is 0. The number of amides is 3. The lowest BCUT2D eigenvalue weighted by molar-refractivity contribution is -0.123. The van der Waals surface area contributed by atoms with E-state index >= 15 is 0 Å².